The average Bonchev–Trinajstić information content (AvgIpc) is 2.28. The highest BCUT2D eigenvalue weighted by molar-refractivity contribution is 9.10. The lowest BCUT2D eigenvalue weighted by molar-refractivity contribution is 0.401. The Hall–Kier alpha value is -0.460. The van der Waals surface area contributed by atoms with Gasteiger partial charge >= 0.3 is 0 Å². The van der Waals surface area contributed by atoms with Gasteiger partial charge in [-0.15, -0.1) is 0 Å². The molecule has 16 heavy (non-hydrogen) atoms. The molecule has 1 rings (SSSR count). The standard InChI is InChI=1S/C10H13BrFNO2S/c1-8(13(2)16(14,15)7-11)9-3-5-10(12)6-4-9/h3-6,8H,7H2,1-2H3. The normalized spacial score (nSPS) is 14.1. The average molecular weight is 310 g/mol. The van der Waals surface area contributed by atoms with Crippen molar-refractivity contribution < 1.29 is 12.8 Å². The lowest BCUT2D eigenvalue weighted by Gasteiger charge is -2.23. The fraction of sp³-hybridized carbons (Fsp3) is 0.400. The molecule has 0 aromatic heterocycles. The number of sulfonamides is 1. The van der Waals surface area contributed by atoms with Gasteiger partial charge in [0.1, 0.15) is 10.5 Å². The smallest absolute Gasteiger partial charge is 0.211 e. The monoisotopic (exact) mass is 309 g/mol. The summed E-state index contributed by atoms with van der Waals surface area (Å²) in [5, 5.41) is 0. The molecule has 0 radical (unpaired) electrons. The second kappa shape index (κ2) is 5.25. The van der Waals surface area contributed by atoms with Crippen molar-refractivity contribution in [3.05, 3.63) is 35.6 Å². The Morgan fingerprint density at radius 2 is 1.88 bits per heavy atom. The molecule has 1 unspecified atom stereocenters. The third-order valence-corrected chi connectivity index (χ3v) is 5.68. The van der Waals surface area contributed by atoms with Gasteiger partial charge in [-0.25, -0.2) is 12.8 Å². The van der Waals surface area contributed by atoms with Crippen LogP contribution in [0.15, 0.2) is 24.3 Å². The van der Waals surface area contributed by atoms with Crippen molar-refractivity contribution in [2.75, 3.05) is 11.7 Å². The fourth-order valence-electron chi connectivity index (χ4n) is 1.27. The molecule has 0 fully saturated rings. The van der Waals surface area contributed by atoms with Crippen LogP contribution in [-0.2, 0) is 10.0 Å². The minimum Gasteiger partial charge on any atom is -0.211 e. The number of halogens is 2. The van der Waals surface area contributed by atoms with Crippen molar-refractivity contribution in [1.29, 1.82) is 0 Å². The van der Waals surface area contributed by atoms with Crippen LogP contribution >= 0.6 is 15.9 Å². The Labute approximate surface area is 103 Å². The Morgan fingerprint density at radius 1 is 1.38 bits per heavy atom. The summed E-state index contributed by atoms with van der Waals surface area (Å²) in [6, 6.07) is 5.49. The quantitative estimate of drug-likeness (QED) is 0.801. The lowest BCUT2D eigenvalue weighted by Crippen LogP contribution is -2.30. The van der Waals surface area contributed by atoms with Crippen LogP contribution in [0.1, 0.15) is 18.5 Å². The number of benzene rings is 1. The van der Waals surface area contributed by atoms with Gasteiger partial charge in [0.25, 0.3) is 0 Å². The van der Waals surface area contributed by atoms with E-state index in [-0.39, 0.29) is 16.5 Å². The van der Waals surface area contributed by atoms with E-state index in [0.717, 1.165) is 5.56 Å². The van der Waals surface area contributed by atoms with E-state index >= 15 is 0 Å². The summed E-state index contributed by atoms with van der Waals surface area (Å²) in [7, 11) is -1.79. The zero-order chi connectivity index (χ0) is 12.3. The van der Waals surface area contributed by atoms with Gasteiger partial charge in [0.15, 0.2) is 0 Å². The van der Waals surface area contributed by atoms with Crippen molar-refractivity contribution in [1.82, 2.24) is 4.31 Å². The molecular weight excluding hydrogens is 297 g/mol. The highest BCUT2D eigenvalue weighted by Crippen LogP contribution is 2.22. The summed E-state index contributed by atoms with van der Waals surface area (Å²) in [6.07, 6.45) is 0. The zero-order valence-corrected chi connectivity index (χ0v) is 11.4. The Morgan fingerprint density at radius 3 is 2.31 bits per heavy atom. The zero-order valence-electron chi connectivity index (χ0n) is 9.02. The van der Waals surface area contributed by atoms with E-state index in [0.29, 0.717) is 0 Å². The van der Waals surface area contributed by atoms with E-state index in [4.69, 9.17) is 0 Å². The number of nitrogens with zero attached hydrogens (tertiary/aromatic N) is 1. The predicted octanol–water partition coefficient (Wildman–Crippen LogP) is 2.50. The predicted molar refractivity (Wildman–Crippen MR) is 65.3 cm³/mol. The van der Waals surface area contributed by atoms with Crippen molar-refractivity contribution in [3.8, 4) is 0 Å². The molecular formula is C10H13BrFNO2S. The SMILES string of the molecule is CC(c1ccc(F)cc1)N(C)S(=O)(=O)CBr. The van der Waals surface area contributed by atoms with E-state index < -0.39 is 10.0 Å². The van der Waals surface area contributed by atoms with Crippen LogP contribution in [0, 0.1) is 5.82 Å². The number of hydrogen-bond donors (Lipinski definition) is 0. The van der Waals surface area contributed by atoms with Crippen LogP contribution in [-0.4, -0.2) is 24.4 Å². The largest absolute Gasteiger partial charge is 0.224 e. The summed E-state index contributed by atoms with van der Waals surface area (Å²) >= 11 is 2.93. The van der Waals surface area contributed by atoms with Gasteiger partial charge in [-0.05, 0) is 24.6 Å². The van der Waals surface area contributed by atoms with E-state index in [2.05, 4.69) is 15.9 Å². The van der Waals surface area contributed by atoms with E-state index in [1.807, 2.05) is 0 Å². The van der Waals surface area contributed by atoms with Gasteiger partial charge in [-0.3, -0.25) is 0 Å². The van der Waals surface area contributed by atoms with Gasteiger partial charge in [0, 0.05) is 13.1 Å². The van der Waals surface area contributed by atoms with Crippen LogP contribution in [0.25, 0.3) is 0 Å². The number of hydrogen-bond acceptors (Lipinski definition) is 2. The molecule has 0 heterocycles. The first-order chi connectivity index (χ1) is 7.38. The van der Waals surface area contributed by atoms with Crippen LogP contribution in [0.3, 0.4) is 0 Å². The molecule has 0 N–H and O–H groups in total. The summed E-state index contributed by atoms with van der Waals surface area (Å²) < 4.78 is 37.0. The second-order valence-electron chi connectivity index (χ2n) is 3.46. The van der Waals surface area contributed by atoms with Crippen LogP contribution in [0.5, 0.6) is 0 Å². The third kappa shape index (κ3) is 3.02. The maximum Gasteiger partial charge on any atom is 0.224 e. The first-order valence-electron chi connectivity index (χ1n) is 4.65. The minimum atomic E-state index is -3.30. The van der Waals surface area contributed by atoms with Crippen molar-refractivity contribution in [2.24, 2.45) is 0 Å². The molecule has 0 amide bonds. The van der Waals surface area contributed by atoms with Gasteiger partial charge in [-0.1, -0.05) is 28.1 Å². The Bertz CT molecular complexity index is 446. The molecule has 0 saturated carbocycles. The topological polar surface area (TPSA) is 37.4 Å². The molecule has 0 aliphatic rings. The summed E-state index contributed by atoms with van der Waals surface area (Å²) in [4.78, 5) is 0. The molecule has 0 saturated heterocycles. The van der Waals surface area contributed by atoms with Crippen molar-refractivity contribution >= 4 is 26.0 Å². The maximum atomic E-state index is 12.7. The van der Waals surface area contributed by atoms with E-state index in [1.165, 1.54) is 23.5 Å². The second-order valence-corrected chi connectivity index (χ2v) is 6.80. The molecule has 0 spiro atoms. The third-order valence-electron chi connectivity index (χ3n) is 2.47. The molecule has 6 heteroatoms. The highest BCUT2D eigenvalue weighted by atomic mass is 79.9. The van der Waals surface area contributed by atoms with Gasteiger partial charge in [-0.2, -0.15) is 4.31 Å². The minimum absolute atomic E-state index is 0.123. The number of rotatable bonds is 4. The summed E-state index contributed by atoms with van der Waals surface area (Å²) in [6.45, 7) is 1.76. The van der Waals surface area contributed by atoms with E-state index in [9.17, 15) is 12.8 Å². The Balaban J connectivity index is 2.94. The molecule has 1 aromatic rings. The maximum absolute atomic E-state index is 12.7. The highest BCUT2D eigenvalue weighted by Gasteiger charge is 2.22. The van der Waals surface area contributed by atoms with E-state index in [1.54, 1.807) is 19.1 Å². The molecule has 90 valence electrons. The molecule has 0 aliphatic heterocycles. The first-order valence-corrected chi connectivity index (χ1v) is 7.38. The Kier molecular flexibility index (Phi) is 4.46. The van der Waals surface area contributed by atoms with Crippen LogP contribution in [0.2, 0.25) is 0 Å². The lowest BCUT2D eigenvalue weighted by atomic mass is 10.1. The summed E-state index contributed by atoms with van der Waals surface area (Å²) in [5.74, 6) is -0.332. The fourth-order valence-corrected chi connectivity index (χ4v) is 3.00. The van der Waals surface area contributed by atoms with Crippen molar-refractivity contribution in [3.63, 3.8) is 0 Å². The summed E-state index contributed by atoms with van der Waals surface area (Å²) in [5.41, 5.74) is 0.758. The molecule has 3 nitrogen and oxygen atoms in total. The van der Waals surface area contributed by atoms with Gasteiger partial charge in [0.2, 0.25) is 10.0 Å². The van der Waals surface area contributed by atoms with Crippen molar-refractivity contribution in [2.45, 2.75) is 13.0 Å². The number of alkyl halides is 1. The molecule has 1 aromatic carbocycles. The molecule has 0 bridgehead atoms. The molecule has 0 aliphatic carbocycles. The van der Waals surface area contributed by atoms with Crippen LogP contribution < -0.4 is 0 Å². The molecule has 1 atom stereocenters. The van der Waals surface area contributed by atoms with Crippen LogP contribution in [0.4, 0.5) is 4.39 Å². The van der Waals surface area contributed by atoms with Gasteiger partial charge in [0.05, 0.1) is 0 Å². The first kappa shape index (κ1) is 13.6. The van der Waals surface area contributed by atoms with Gasteiger partial charge < -0.3 is 0 Å².